The first-order valence-electron chi connectivity index (χ1n) is 7.45. The van der Waals surface area contributed by atoms with E-state index in [2.05, 4.69) is 4.98 Å². The zero-order chi connectivity index (χ0) is 16.9. The SMILES string of the molecule is COCCn1c(SCc2cccc(OC)c2)nc2ccsc2c1=O. The van der Waals surface area contributed by atoms with E-state index in [4.69, 9.17) is 9.47 Å². The van der Waals surface area contributed by atoms with Crippen molar-refractivity contribution >= 4 is 33.3 Å². The normalized spacial score (nSPS) is 11.1. The smallest absolute Gasteiger partial charge is 0.272 e. The van der Waals surface area contributed by atoms with Gasteiger partial charge in [0.25, 0.3) is 5.56 Å². The molecule has 0 saturated carbocycles. The second-order valence-corrected chi connectivity index (χ2v) is 6.98. The molecular weight excluding hydrogens is 344 g/mol. The molecule has 0 radical (unpaired) electrons. The summed E-state index contributed by atoms with van der Waals surface area (Å²) in [5, 5.41) is 2.61. The zero-order valence-corrected chi connectivity index (χ0v) is 15.2. The van der Waals surface area contributed by atoms with Crippen LogP contribution in [0.4, 0.5) is 0 Å². The van der Waals surface area contributed by atoms with E-state index in [1.54, 1.807) is 30.5 Å². The predicted molar refractivity (Wildman–Crippen MR) is 98.3 cm³/mol. The van der Waals surface area contributed by atoms with Crippen LogP contribution in [0.15, 0.2) is 45.7 Å². The minimum Gasteiger partial charge on any atom is -0.497 e. The Morgan fingerprint density at radius 3 is 2.96 bits per heavy atom. The van der Waals surface area contributed by atoms with E-state index in [1.165, 1.54) is 11.3 Å². The second-order valence-electron chi connectivity index (χ2n) is 5.12. The fraction of sp³-hybridized carbons (Fsp3) is 0.294. The number of methoxy groups -OCH3 is 2. The van der Waals surface area contributed by atoms with Crippen molar-refractivity contribution in [3.63, 3.8) is 0 Å². The highest BCUT2D eigenvalue weighted by atomic mass is 32.2. The van der Waals surface area contributed by atoms with Gasteiger partial charge in [0.2, 0.25) is 0 Å². The van der Waals surface area contributed by atoms with Crippen molar-refractivity contribution in [3.8, 4) is 5.75 Å². The molecule has 0 amide bonds. The Balaban J connectivity index is 1.90. The summed E-state index contributed by atoms with van der Waals surface area (Å²) in [4.78, 5) is 17.3. The minimum atomic E-state index is 0.000178. The van der Waals surface area contributed by atoms with Crippen LogP contribution >= 0.6 is 23.1 Å². The topological polar surface area (TPSA) is 53.4 Å². The van der Waals surface area contributed by atoms with Crippen LogP contribution in [-0.2, 0) is 17.0 Å². The van der Waals surface area contributed by atoms with Crippen molar-refractivity contribution in [2.24, 2.45) is 0 Å². The van der Waals surface area contributed by atoms with Crippen molar-refractivity contribution in [1.29, 1.82) is 0 Å². The Kier molecular flexibility index (Phi) is 5.55. The van der Waals surface area contributed by atoms with Gasteiger partial charge in [0, 0.05) is 12.9 Å². The van der Waals surface area contributed by atoms with E-state index in [0.29, 0.717) is 28.8 Å². The van der Waals surface area contributed by atoms with Gasteiger partial charge in [-0.3, -0.25) is 9.36 Å². The van der Waals surface area contributed by atoms with Crippen molar-refractivity contribution < 1.29 is 9.47 Å². The number of thioether (sulfide) groups is 1. The first-order valence-corrected chi connectivity index (χ1v) is 9.32. The number of hydrogen-bond donors (Lipinski definition) is 0. The lowest BCUT2D eigenvalue weighted by Crippen LogP contribution is -2.24. The van der Waals surface area contributed by atoms with Gasteiger partial charge in [0.1, 0.15) is 10.4 Å². The highest BCUT2D eigenvalue weighted by Crippen LogP contribution is 2.25. The van der Waals surface area contributed by atoms with Gasteiger partial charge in [0.05, 0.1) is 25.8 Å². The van der Waals surface area contributed by atoms with Gasteiger partial charge in [0.15, 0.2) is 5.16 Å². The number of nitrogens with zero attached hydrogens (tertiary/aromatic N) is 2. The molecule has 126 valence electrons. The third kappa shape index (κ3) is 3.63. The summed E-state index contributed by atoms with van der Waals surface area (Å²) in [6, 6.07) is 9.79. The molecule has 0 aliphatic rings. The van der Waals surface area contributed by atoms with Crippen LogP contribution in [0.5, 0.6) is 5.75 Å². The van der Waals surface area contributed by atoms with E-state index in [-0.39, 0.29) is 5.56 Å². The maximum absolute atomic E-state index is 12.7. The summed E-state index contributed by atoms with van der Waals surface area (Å²) in [7, 11) is 3.28. The zero-order valence-electron chi connectivity index (χ0n) is 13.5. The summed E-state index contributed by atoms with van der Waals surface area (Å²) in [6.07, 6.45) is 0. The number of fused-ring (bicyclic) bond motifs is 1. The third-order valence-corrected chi connectivity index (χ3v) is 5.49. The van der Waals surface area contributed by atoms with Crippen molar-refractivity contribution in [1.82, 2.24) is 9.55 Å². The molecule has 0 fully saturated rings. The van der Waals surface area contributed by atoms with Crippen molar-refractivity contribution in [2.45, 2.75) is 17.5 Å². The molecule has 2 heterocycles. The molecule has 24 heavy (non-hydrogen) atoms. The Bertz CT molecular complexity index is 889. The number of ether oxygens (including phenoxy) is 2. The average molecular weight is 362 g/mol. The second kappa shape index (κ2) is 7.83. The van der Waals surface area contributed by atoms with E-state index in [1.807, 2.05) is 35.7 Å². The molecule has 0 saturated heterocycles. The Labute approximate surface area is 148 Å². The molecule has 7 heteroatoms. The lowest BCUT2D eigenvalue weighted by atomic mass is 10.2. The van der Waals surface area contributed by atoms with Gasteiger partial charge in [-0.2, -0.15) is 0 Å². The van der Waals surface area contributed by atoms with Crippen LogP contribution in [0.3, 0.4) is 0 Å². The van der Waals surface area contributed by atoms with E-state index >= 15 is 0 Å². The summed E-state index contributed by atoms with van der Waals surface area (Å²) >= 11 is 2.97. The van der Waals surface area contributed by atoms with Crippen LogP contribution < -0.4 is 10.3 Å². The molecule has 0 atom stereocenters. The summed E-state index contributed by atoms with van der Waals surface area (Å²) in [5.74, 6) is 1.54. The molecule has 3 aromatic rings. The van der Waals surface area contributed by atoms with Gasteiger partial charge >= 0.3 is 0 Å². The molecule has 2 aromatic heterocycles. The maximum atomic E-state index is 12.7. The monoisotopic (exact) mass is 362 g/mol. The Morgan fingerprint density at radius 2 is 2.17 bits per heavy atom. The Morgan fingerprint density at radius 1 is 1.29 bits per heavy atom. The maximum Gasteiger partial charge on any atom is 0.272 e. The fourth-order valence-electron chi connectivity index (χ4n) is 2.32. The molecular formula is C17H18N2O3S2. The standard InChI is InChI=1S/C17H18N2O3S2/c1-21-8-7-19-16(20)15-14(6-9-23-15)18-17(19)24-11-12-4-3-5-13(10-12)22-2/h3-6,9-10H,7-8,11H2,1-2H3. The van der Waals surface area contributed by atoms with Gasteiger partial charge in [-0.1, -0.05) is 23.9 Å². The number of benzene rings is 1. The van der Waals surface area contributed by atoms with Crippen molar-refractivity contribution in [3.05, 3.63) is 51.6 Å². The first kappa shape index (κ1) is 17.0. The quantitative estimate of drug-likeness (QED) is 0.476. The molecule has 0 N–H and O–H groups in total. The number of aromatic nitrogens is 2. The van der Waals surface area contributed by atoms with Crippen LogP contribution in [0.1, 0.15) is 5.56 Å². The largest absolute Gasteiger partial charge is 0.497 e. The molecule has 0 bridgehead atoms. The fourth-order valence-corrected chi connectivity index (χ4v) is 4.07. The summed E-state index contributed by atoms with van der Waals surface area (Å²) in [5.41, 5.74) is 1.88. The highest BCUT2D eigenvalue weighted by molar-refractivity contribution is 7.98. The first-order chi connectivity index (χ1) is 11.7. The molecule has 0 aliphatic heterocycles. The van der Waals surface area contributed by atoms with Crippen LogP contribution in [0.25, 0.3) is 10.2 Å². The number of thiophene rings is 1. The molecule has 3 rings (SSSR count). The summed E-state index contributed by atoms with van der Waals surface area (Å²) in [6.45, 7) is 0.974. The number of rotatable bonds is 7. The van der Waals surface area contributed by atoms with Gasteiger partial charge in [-0.25, -0.2) is 4.98 Å². The van der Waals surface area contributed by atoms with E-state index in [9.17, 15) is 4.79 Å². The van der Waals surface area contributed by atoms with Gasteiger partial charge < -0.3 is 9.47 Å². The van der Waals surface area contributed by atoms with Crippen LogP contribution in [0, 0.1) is 0 Å². The average Bonchev–Trinajstić information content (AvgIpc) is 3.08. The van der Waals surface area contributed by atoms with Crippen LogP contribution in [-0.4, -0.2) is 30.4 Å². The lowest BCUT2D eigenvalue weighted by Gasteiger charge is -2.11. The summed E-state index contributed by atoms with van der Waals surface area (Å²) < 4.78 is 12.8. The van der Waals surface area contributed by atoms with Crippen molar-refractivity contribution in [2.75, 3.05) is 20.8 Å². The predicted octanol–water partition coefficient (Wildman–Crippen LogP) is 3.41. The molecule has 1 aromatic carbocycles. The number of hydrogen-bond acceptors (Lipinski definition) is 6. The van der Waals surface area contributed by atoms with E-state index in [0.717, 1.165) is 16.8 Å². The van der Waals surface area contributed by atoms with Crippen LogP contribution in [0.2, 0.25) is 0 Å². The molecule has 0 spiro atoms. The molecule has 0 aliphatic carbocycles. The molecule has 0 unspecified atom stereocenters. The minimum absolute atomic E-state index is 0.000178. The van der Waals surface area contributed by atoms with E-state index < -0.39 is 0 Å². The van der Waals surface area contributed by atoms with Gasteiger partial charge in [-0.15, -0.1) is 11.3 Å². The third-order valence-electron chi connectivity index (χ3n) is 3.55. The van der Waals surface area contributed by atoms with Gasteiger partial charge in [-0.05, 0) is 29.1 Å². The molecule has 5 nitrogen and oxygen atoms in total. The lowest BCUT2D eigenvalue weighted by molar-refractivity contribution is 0.183. The Hall–Kier alpha value is -1.83. The highest BCUT2D eigenvalue weighted by Gasteiger charge is 2.12.